The molecule has 0 spiro atoms. The number of anilines is 1. The summed E-state index contributed by atoms with van der Waals surface area (Å²) in [6, 6.07) is 6.91. The standard InChI is InChI=1S/C22H27N5O6/c1-22(2,3)33-21(31)25-11-17(28)27-15-8-6-5-7-13(15)9-16(27)19-23-10-14(26-19)20(30)24-12-18(29)32-4/h5-8,10,16H,9,11-12H2,1-4H3,(H,23,26)(H,24,30)(H,25,31). The number of benzene rings is 1. The molecule has 3 N–H and O–H groups in total. The summed E-state index contributed by atoms with van der Waals surface area (Å²) in [7, 11) is 1.23. The first kappa shape index (κ1) is 23.8. The van der Waals surface area contributed by atoms with Crippen LogP contribution in [0.3, 0.4) is 0 Å². The second-order valence-corrected chi connectivity index (χ2v) is 8.41. The van der Waals surface area contributed by atoms with E-state index in [4.69, 9.17) is 4.74 Å². The minimum Gasteiger partial charge on any atom is -0.468 e. The number of nitrogens with zero attached hydrogens (tertiary/aromatic N) is 2. The first-order valence-corrected chi connectivity index (χ1v) is 10.4. The van der Waals surface area contributed by atoms with E-state index in [9.17, 15) is 19.2 Å². The smallest absolute Gasteiger partial charge is 0.408 e. The van der Waals surface area contributed by atoms with Gasteiger partial charge in [-0.25, -0.2) is 9.78 Å². The van der Waals surface area contributed by atoms with Crippen molar-refractivity contribution >= 4 is 29.6 Å². The fourth-order valence-electron chi connectivity index (χ4n) is 3.40. The molecule has 0 aliphatic carbocycles. The molecule has 1 unspecified atom stereocenters. The van der Waals surface area contributed by atoms with Gasteiger partial charge in [0.1, 0.15) is 30.2 Å². The van der Waals surface area contributed by atoms with Crippen molar-refractivity contribution < 1.29 is 28.7 Å². The zero-order valence-corrected chi connectivity index (χ0v) is 18.9. The maximum absolute atomic E-state index is 13.1. The first-order chi connectivity index (χ1) is 15.6. The van der Waals surface area contributed by atoms with Crippen molar-refractivity contribution in [3.8, 4) is 0 Å². The largest absolute Gasteiger partial charge is 0.468 e. The molecule has 1 aromatic carbocycles. The number of aromatic amines is 1. The Labute approximate surface area is 190 Å². The number of carbonyl (C=O) groups excluding carboxylic acids is 4. The fourth-order valence-corrected chi connectivity index (χ4v) is 3.40. The van der Waals surface area contributed by atoms with Gasteiger partial charge in [-0.3, -0.25) is 19.3 Å². The van der Waals surface area contributed by atoms with Crippen molar-refractivity contribution in [1.29, 1.82) is 0 Å². The molecule has 0 fully saturated rings. The third-order valence-corrected chi connectivity index (χ3v) is 4.80. The summed E-state index contributed by atoms with van der Waals surface area (Å²) in [5.41, 5.74) is 1.09. The van der Waals surface area contributed by atoms with Crippen LogP contribution in [0.1, 0.15) is 48.7 Å². The van der Waals surface area contributed by atoms with Gasteiger partial charge in [0, 0.05) is 12.1 Å². The van der Waals surface area contributed by atoms with Gasteiger partial charge in [-0.2, -0.15) is 0 Å². The minimum atomic E-state index is -0.692. The van der Waals surface area contributed by atoms with E-state index in [1.54, 1.807) is 25.7 Å². The Hall–Kier alpha value is -3.89. The normalized spacial score (nSPS) is 14.9. The number of ether oxygens (including phenoxy) is 2. The second-order valence-electron chi connectivity index (χ2n) is 8.41. The van der Waals surface area contributed by atoms with Crippen molar-refractivity contribution in [2.45, 2.75) is 38.8 Å². The third-order valence-electron chi connectivity index (χ3n) is 4.80. The number of methoxy groups -OCH3 is 1. The van der Waals surface area contributed by atoms with E-state index in [2.05, 4.69) is 25.3 Å². The van der Waals surface area contributed by atoms with Gasteiger partial charge in [-0.05, 0) is 32.4 Å². The number of rotatable bonds is 6. The number of H-pyrrole nitrogens is 1. The molecule has 3 amide bonds. The van der Waals surface area contributed by atoms with Gasteiger partial charge in [0.25, 0.3) is 5.91 Å². The van der Waals surface area contributed by atoms with Crippen LogP contribution in [-0.4, -0.2) is 59.6 Å². The topological polar surface area (TPSA) is 143 Å². The van der Waals surface area contributed by atoms with Crippen molar-refractivity contribution in [1.82, 2.24) is 20.6 Å². The molecule has 11 nitrogen and oxygen atoms in total. The van der Waals surface area contributed by atoms with Gasteiger partial charge in [-0.1, -0.05) is 18.2 Å². The van der Waals surface area contributed by atoms with Crippen LogP contribution < -0.4 is 15.5 Å². The molecule has 2 aromatic rings. The van der Waals surface area contributed by atoms with E-state index in [1.807, 2.05) is 24.3 Å². The molecule has 11 heteroatoms. The van der Waals surface area contributed by atoms with Crippen molar-refractivity contribution in [2.75, 3.05) is 25.1 Å². The monoisotopic (exact) mass is 457 g/mol. The van der Waals surface area contributed by atoms with Gasteiger partial charge in [-0.15, -0.1) is 0 Å². The highest BCUT2D eigenvalue weighted by atomic mass is 16.6. The zero-order chi connectivity index (χ0) is 24.2. The number of imidazole rings is 1. The van der Waals surface area contributed by atoms with Crippen LogP contribution in [0.4, 0.5) is 10.5 Å². The number of alkyl carbamates (subject to hydrolysis) is 1. The first-order valence-electron chi connectivity index (χ1n) is 10.4. The van der Waals surface area contributed by atoms with Crippen LogP contribution in [0.2, 0.25) is 0 Å². The van der Waals surface area contributed by atoms with E-state index >= 15 is 0 Å². The molecular weight excluding hydrogens is 430 g/mol. The highest BCUT2D eigenvalue weighted by Gasteiger charge is 2.36. The molecular formula is C22H27N5O6. The average molecular weight is 457 g/mol. The quantitative estimate of drug-likeness (QED) is 0.558. The number of nitrogens with one attached hydrogen (secondary N) is 3. The molecule has 1 aliphatic rings. The molecule has 0 radical (unpaired) electrons. The molecule has 1 aromatic heterocycles. The molecule has 0 saturated carbocycles. The zero-order valence-electron chi connectivity index (χ0n) is 18.9. The molecule has 1 atom stereocenters. The Morgan fingerprint density at radius 2 is 1.88 bits per heavy atom. The number of hydrogen-bond donors (Lipinski definition) is 3. The van der Waals surface area contributed by atoms with Crippen LogP contribution in [0, 0.1) is 0 Å². The van der Waals surface area contributed by atoms with Gasteiger partial charge in [0.15, 0.2) is 0 Å². The van der Waals surface area contributed by atoms with E-state index in [0.29, 0.717) is 17.9 Å². The van der Waals surface area contributed by atoms with Crippen LogP contribution in [-0.2, 0) is 25.5 Å². The number of hydrogen-bond acceptors (Lipinski definition) is 7. The molecule has 0 bridgehead atoms. The highest BCUT2D eigenvalue weighted by Crippen LogP contribution is 2.39. The van der Waals surface area contributed by atoms with Crippen LogP contribution in [0.5, 0.6) is 0 Å². The Morgan fingerprint density at radius 1 is 1.15 bits per heavy atom. The second kappa shape index (κ2) is 9.72. The van der Waals surface area contributed by atoms with E-state index in [1.165, 1.54) is 13.3 Å². The number of aromatic nitrogens is 2. The van der Waals surface area contributed by atoms with Crippen molar-refractivity contribution in [3.63, 3.8) is 0 Å². The average Bonchev–Trinajstić information content (AvgIpc) is 3.39. The Bertz CT molecular complexity index is 1060. The molecule has 33 heavy (non-hydrogen) atoms. The highest BCUT2D eigenvalue weighted by molar-refractivity contribution is 5.99. The number of esters is 1. The minimum absolute atomic E-state index is 0.143. The lowest BCUT2D eigenvalue weighted by atomic mass is 10.1. The van der Waals surface area contributed by atoms with E-state index < -0.39 is 29.6 Å². The number of amides is 3. The van der Waals surface area contributed by atoms with Crippen molar-refractivity contribution in [3.05, 3.63) is 47.5 Å². The van der Waals surface area contributed by atoms with E-state index in [0.717, 1.165) is 5.56 Å². The van der Waals surface area contributed by atoms with Gasteiger partial charge in [0.05, 0.1) is 19.3 Å². The van der Waals surface area contributed by atoms with Crippen LogP contribution >= 0.6 is 0 Å². The maximum Gasteiger partial charge on any atom is 0.408 e. The predicted octanol–water partition coefficient (Wildman–Crippen LogP) is 1.47. The molecule has 3 rings (SSSR count). The molecule has 1 aliphatic heterocycles. The lowest BCUT2D eigenvalue weighted by molar-refractivity contribution is -0.139. The summed E-state index contributed by atoms with van der Waals surface area (Å²) >= 11 is 0. The number of carbonyl (C=O) groups is 4. The summed E-state index contributed by atoms with van der Waals surface area (Å²) in [6.45, 7) is 4.65. The lowest BCUT2D eigenvalue weighted by Gasteiger charge is -2.25. The number of fused-ring (bicyclic) bond motifs is 1. The van der Waals surface area contributed by atoms with Gasteiger partial charge < -0.3 is 25.1 Å². The summed E-state index contributed by atoms with van der Waals surface area (Å²) in [6.07, 6.45) is 1.12. The summed E-state index contributed by atoms with van der Waals surface area (Å²) in [5, 5.41) is 4.91. The van der Waals surface area contributed by atoms with E-state index in [-0.39, 0.29) is 24.7 Å². The summed E-state index contributed by atoms with van der Waals surface area (Å²) in [5.74, 6) is -1.06. The summed E-state index contributed by atoms with van der Waals surface area (Å²) < 4.78 is 9.70. The lowest BCUT2D eigenvalue weighted by Crippen LogP contribution is -2.42. The molecule has 0 saturated heterocycles. The third kappa shape index (κ3) is 5.88. The Morgan fingerprint density at radius 3 is 2.58 bits per heavy atom. The SMILES string of the molecule is COC(=O)CNC(=O)c1cnc(C2Cc3ccccc3N2C(=O)CNC(=O)OC(C)(C)C)[nH]1. The Balaban J connectivity index is 1.75. The fraction of sp³-hybridized carbons (Fsp3) is 0.409. The van der Waals surface area contributed by atoms with Crippen molar-refractivity contribution in [2.24, 2.45) is 0 Å². The van der Waals surface area contributed by atoms with Gasteiger partial charge in [0.2, 0.25) is 5.91 Å². The Kier molecular flexibility index (Phi) is 7.00. The summed E-state index contributed by atoms with van der Waals surface area (Å²) in [4.78, 5) is 57.4. The molecule has 176 valence electrons. The predicted molar refractivity (Wildman–Crippen MR) is 118 cm³/mol. The molecule has 2 heterocycles. The number of para-hydroxylation sites is 1. The van der Waals surface area contributed by atoms with Crippen LogP contribution in [0.25, 0.3) is 0 Å². The maximum atomic E-state index is 13.1. The van der Waals surface area contributed by atoms with Gasteiger partial charge >= 0.3 is 12.1 Å². The van der Waals surface area contributed by atoms with Crippen LogP contribution in [0.15, 0.2) is 30.5 Å².